The van der Waals surface area contributed by atoms with Crippen molar-refractivity contribution in [2.75, 3.05) is 13.7 Å². The van der Waals surface area contributed by atoms with Gasteiger partial charge in [-0.05, 0) is 81.5 Å². The second kappa shape index (κ2) is 24.8. The van der Waals surface area contributed by atoms with Gasteiger partial charge >= 0.3 is 5.97 Å². The second-order valence-electron chi connectivity index (χ2n) is 16.8. The average molecular weight is 921 g/mol. The van der Waals surface area contributed by atoms with Crippen LogP contribution in [0.25, 0.3) is 0 Å². The van der Waals surface area contributed by atoms with Gasteiger partial charge in [0.05, 0.1) is 12.6 Å². The Morgan fingerprint density at radius 3 is 2.23 bits per heavy atom. The van der Waals surface area contributed by atoms with Crippen molar-refractivity contribution in [1.82, 2.24) is 36.5 Å². The van der Waals surface area contributed by atoms with E-state index in [4.69, 9.17) is 15.3 Å². The number of ether oxygens (including phenoxy) is 1. The molecule has 0 saturated carbocycles. The monoisotopic (exact) mass is 920 g/mol. The van der Waals surface area contributed by atoms with Crippen LogP contribution in [0.4, 0.5) is 0 Å². The smallest absolute Gasteiger partial charge is 0.329 e. The van der Waals surface area contributed by atoms with Crippen LogP contribution in [0.15, 0.2) is 66.4 Å². The Morgan fingerprint density at radius 2 is 1.61 bits per heavy atom. The predicted molar refractivity (Wildman–Crippen MR) is 239 cm³/mol. The van der Waals surface area contributed by atoms with Gasteiger partial charge in [-0.15, -0.1) is 0 Å². The summed E-state index contributed by atoms with van der Waals surface area (Å²) in [6.07, 6.45) is -1.29. The van der Waals surface area contributed by atoms with Crippen molar-refractivity contribution in [3.63, 3.8) is 0 Å². The number of nitrogens with one attached hydrogen (secondary N) is 5. The summed E-state index contributed by atoms with van der Waals surface area (Å²) < 4.78 is 5.82. The Morgan fingerprint density at radius 1 is 0.939 bits per heavy atom. The van der Waals surface area contributed by atoms with Crippen molar-refractivity contribution in [1.29, 1.82) is 0 Å². The number of piperidine rings is 1. The lowest BCUT2D eigenvalue weighted by molar-refractivity contribution is -0.197. The topological polar surface area (TPSA) is 288 Å². The highest BCUT2D eigenvalue weighted by atomic mass is 16.7. The van der Waals surface area contributed by atoms with Gasteiger partial charge < -0.3 is 52.2 Å². The Hall–Kier alpha value is -6.38. The number of aliphatic hydroxyl groups excluding tert-OH is 1. The maximum absolute atomic E-state index is 14.4. The van der Waals surface area contributed by atoms with Crippen LogP contribution >= 0.6 is 0 Å². The Kier molecular flexibility index (Phi) is 19.6. The fourth-order valence-corrected chi connectivity index (χ4v) is 7.60. The number of hydrogen-bond acceptors (Lipinski definition) is 13. The molecular weight excluding hydrogens is 857 g/mol. The number of amides is 7. The summed E-state index contributed by atoms with van der Waals surface area (Å²) in [6, 6.07) is 7.67. The first-order chi connectivity index (χ1) is 31.3. The van der Waals surface area contributed by atoms with Crippen molar-refractivity contribution in [2.24, 2.45) is 11.7 Å². The molecule has 2 aliphatic rings. The summed E-state index contributed by atoms with van der Waals surface area (Å²) in [5.41, 5.74) is 6.42. The highest BCUT2D eigenvalue weighted by Crippen LogP contribution is 2.24. The maximum atomic E-state index is 14.4. The number of nitrogens with two attached hydrogens (primary N) is 1. The van der Waals surface area contributed by atoms with E-state index in [2.05, 4.69) is 26.6 Å². The van der Waals surface area contributed by atoms with Gasteiger partial charge in [-0.1, -0.05) is 69.3 Å². The quantitative estimate of drug-likeness (QED) is 0.0996. The highest BCUT2D eigenvalue weighted by molar-refractivity contribution is 6.02. The molecule has 0 spiro atoms. The molecular formula is C46H64N8O12. The van der Waals surface area contributed by atoms with E-state index in [1.165, 1.54) is 49.1 Å². The summed E-state index contributed by atoms with van der Waals surface area (Å²) >= 11 is 0. The van der Waals surface area contributed by atoms with Gasteiger partial charge in [0.15, 0.2) is 0 Å². The predicted octanol–water partition coefficient (Wildman–Crippen LogP) is 0.345. The van der Waals surface area contributed by atoms with Crippen LogP contribution in [0.3, 0.4) is 0 Å². The third kappa shape index (κ3) is 14.8. The van der Waals surface area contributed by atoms with Gasteiger partial charge in [0.1, 0.15) is 54.0 Å². The molecule has 0 radical (unpaired) electrons. The number of carbonyl (C=O) groups is 8. The molecule has 4 rings (SSSR count). The summed E-state index contributed by atoms with van der Waals surface area (Å²) in [7, 11) is 1.50. The van der Waals surface area contributed by atoms with Crippen LogP contribution in [0.1, 0.15) is 84.3 Å². The fourth-order valence-electron chi connectivity index (χ4n) is 7.60. The van der Waals surface area contributed by atoms with E-state index in [0.717, 1.165) is 5.56 Å². The number of phenols is 1. The number of fused-ring (bicyclic) bond motifs is 2. The van der Waals surface area contributed by atoms with Crippen LogP contribution in [0.5, 0.6) is 5.75 Å². The molecule has 2 aromatic rings. The summed E-state index contributed by atoms with van der Waals surface area (Å²) in [5.74, 6) is -7.04. The summed E-state index contributed by atoms with van der Waals surface area (Å²) in [5, 5.41) is 35.6. The van der Waals surface area contributed by atoms with E-state index in [0.29, 0.717) is 12.0 Å². The fraction of sp³-hybridized carbons (Fsp3) is 0.522. The number of nitrogens with zero attached hydrogens (tertiary/aromatic N) is 2. The molecule has 20 nitrogen and oxygen atoms in total. The lowest BCUT2D eigenvalue weighted by Crippen LogP contribution is -2.62. The average Bonchev–Trinajstić information content (AvgIpc) is 3.27. The van der Waals surface area contributed by atoms with Crippen LogP contribution in [0.2, 0.25) is 0 Å². The van der Waals surface area contributed by atoms with E-state index in [9.17, 15) is 48.6 Å². The molecule has 360 valence electrons. The summed E-state index contributed by atoms with van der Waals surface area (Å²) in [6.45, 7) is 7.58. The zero-order chi connectivity index (χ0) is 48.7. The maximum Gasteiger partial charge on any atom is 0.329 e. The molecule has 7 amide bonds. The minimum Gasteiger partial charge on any atom is -0.508 e. The first-order valence-electron chi connectivity index (χ1n) is 22.2. The third-order valence-electron chi connectivity index (χ3n) is 11.3. The summed E-state index contributed by atoms with van der Waals surface area (Å²) in [4.78, 5) is 117. The second-order valence-corrected chi connectivity index (χ2v) is 16.8. The molecule has 0 aliphatic carbocycles. The zero-order valence-corrected chi connectivity index (χ0v) is 38.3. The number of primary amides is 1. The van der Waals surface area contributed by atoms with E-state index >= 15 is 0 Å². The lowest BCUT2D eigenvalue weighted by Gasteiger charge is -2.42. The Labute approximate surface area is 384 Å². The van der Waals surface area contributed by atoms with Crippen molar-refractivity contribution >= 4 is 47.3 Å². The van der Waals surface area contributed by atoms with E-state index in [-0.39, 0.29) is 63.0 Å². The van der Waals surface area contributed by atoms with Crippen LogP contribution < -0.4 is 32.3 Å². The normalized spacial score (nSPS) is 25.2. The zero-order valence-electron chi connectivity index (χ0n) is 38.3. The molecule has 2 saturated heterocycles. The molecule has 2 heterocycles. The molecule has 8 atom stereocenters. The van der Waals surface area contributed by atoms with Crippen LogP contribution in [-0.4, -0.2) is 130 Å². The first kappa shape index (κ1) is 52.2. The molecule has 0 aromatic heterocycles. The van der Waals surface area contributed by atoms with Gasteiger partial charge in [0, 0.05) is 19.9 Å². The Bertz CT molecular complexity index is 2070. The number of hydrogen-bond donors (Lipinski definition) is 8. The molecule has 8 unspecified atom stereocenters. The number of allylic oxidation sites excluding steroid dienone is 1. The first-order valence-corrected chi connectivity index (χ1v) is 22.2. The van der Waals surface area contributed by atoms with E-state index in [1.54, 1.807) is 32.9 Å². The molecule has 66 heavy (non-hydrogen) atoms. The van der Waals surface area contributed by atoms with Crippen LogP contribution in [0, 0.1) is 5.92 Å². The number of likely N-dealkylation sites (N-methyl/N-ethyl adjacent to an activating group) is 1. The van der Waals surface area contributed by atoms with E-state index < -0.39 is 102 Å². The number of esters is 1. The molecule has 9 N–H and O–H groups in total. The molecule has 2 aliphatic heterocycles. The molecule has 20 heteroatoms. The number of benzene rings is 2. The molecule has 2 fully saturated rings. The SMILES string of the molecule is C/C=C1\NC(=O)C(NC(=O)C(CCC(N)=O)NC(=O)CCC)C(C)OC(=O)C(C(C)C)NC(=O)C(Cc2ccc(O)cc2)N(C)OCC(Cc2ccccc2)N2C(=O)C(CCC2O)NC1=O. The van der Waals surface area contributed by atoms with Crippen molar-refractivity contribution < 1.29 is 58.1 Å². The minimum absolute atomic E-state index is 0.00342. The number of aliphatic hydroxyl groups is 1. The number of cyclic esters (lactones) is 1. The van der Waals surface area contributed by atoms with Gasteiger partial charge in [-0.3, -0.25) is 38.4 Å². The number of phenolic OH excluding ortho intramolecular Hbond substituents is 1. The van der Waals surface area contributed by atoms with Crippen molar-refractivity contribution in [3.8, 4) is 5.75 Å². The van der Waals surface area contributed by atoms with Crippen molar-refractivity contribution in [2.45, 2.75) is 135 Å². The number of hydroxylamine groups is 2. The lowest BCUT2D eigenvalue weighted by atomic mass is 9.97. The number of aromatic hydroxyl groups is 1. The molecule has 2 bridgehead atoms. The van der Waals surface area contributed by atoms with Gasteiger partial charge in [-0.25, -0.2) is 4.79 Å². The highest BCUT2D eigenvalue weighted by Gasteiger charge is 2.42. The standard InChI is InChI=1S/C46H64N8O12/c1-7-12-37(57)48-33(19-21-36(47)56)42(60)52-40-27(5)66-46(64)39(26(3)4)51-43(61)35(24-29-15-17-31(55)18-16-29)53(6)65-25-30(23-28-13-10-9-11-14-28)54-38(58)22-20-34(45(54)63)50-41(59)32(8-2)49-44(40)62/h8-11,13-18,26-27,30,33-35,38-40,55,58H,7,12,19-25H2,1-6H3,(H2,47,56)(H,48,57)(H,49,62)(H,50,59)(H,51,61)(H,52,60)/b32-8-. The third-order valence-corrected chi connectivity index (χ3v) is 11.3. The van der Waals surface area contributed by atoms with Gasteiger partial charge in [0.25, 0.3) is 11.8 Å². The van der Waals surface area contributed by atoms with Gasteiger partial charge in [0.2, 0.25) is 29.5 Å². The van der Waals surface area contributed by atoms with E-state index in [1.807, 2.05) is 30.3 Å². The van der Waals surface area contributed by atoms with Crippen LogP contribution in [-0.2, 0) is 60.8 Å². The Balaban J connectivity index is 1.80. The largest absolute Gasteiger partial charge is 0.508 e. The van der Waals surface area contributed by atoms with Gasteiger partial charge in [-0.2, -0.15) is 5.06 Å². The number of rotatable bonds is 13. The van der Waals surface area contributed by atoms with Crippen molar-refractivity contribution in [3.05, 3.63) is 77.5 Å². The number of carbonyl (C=O) groups excluding carboxylic acids is 8. The minimum atomic E-state index is -1.75. The molecule has 2 aromatic carbocycles.